The molecule has 1 aromatic heterocycles. The first-order valence-electron chi connectivity index (χ1n) is 11.2. The summed E-state index contributed by atoms with van der Waals surface area (Å²) in [5, 5.41) is 25.3. The molecular formula is C25H25N3O4S2. The van der Waals surface area contributed by atoms with E-state index in [2.05, 4.69) is 16.7 Å². The van der Waals surface area contributed by atoms with Crippen LogP contribution in [0, 0.1) is 23.2 Å². The second kappa shape index (κ2) is 10.9. The van der Waals surface area contributed by atoms with Crippen molar-refractivity contribution >= 4 is 51.6 Å². The summed E-state index contributed by atoms with van der Waals surface area (Å²) in [5.41, 5.74) is 2.25. The maximum absolute atomic E-state index is 12.7. The van der Waals surface area contributed by atoms with Crippen LogP contribution in [0.2, 0.25) is 0 Å². The number of amides is 2. The van der Waals surface area contributed by atoms with Crippen molar-refractivity contribution in [1.29, 1.82) is 5.26 Å². The van der Waals surface area contributed by atoms with Gasteiger partial charge in [-0.15, -0.1) is 23.1 Å². The highest BCUT2D eigenvalue weighted by molar-refractivity contribution is 8.00. The van der Waals surface area contributed by atoms with Gasteiger partial charge in [0.2, 0.25) is 11.8 Å². The van der Waals surface area contributed by atoms with Crippen LogP contribution in [0.4, 0.5) is 10.7 Å². The highest BCUT2D eigenvalue weighted by atomic mass is 32.2. The number of allylic oxidation sites excluding steroid dienone is 2. The second-order valence-corrected chi connectivity index (χ2v) is 10.5. The van der Waals surface area contributed by atoms with Gasteiger partial charge in [-0.25, -0.2) is 0 Å². The molecule has 176 valence electrons. The summed E-state index contributed by atoms with van der Waals surface area (Å²) in [5.74, 6) is -2.65. The van der Waals surface area contributed by atoms with Gasteiger partial charge in [0.1, 0.15) is 11.1 Å². The summed E-state index contributed by atoms with van der Waals surface area (Å²) >= 11 is 2.84. The Bertz CT molecular complexity index is 1180. The van der Waals surface area contributed by atoms with Crippen LogP contribution in [-0.2, 0) is 27.2 Å². The third-order valence-electron chi connectivity index (χ3n) is 6.09. The van der Waals surface area contributed by atoms with Gasteiger partial charge in [0.25, 0.3) is 0 Å². The number of hydrogen-bond acceptors (Lipinski definition) is 6. The summed E-state index contributed by atoms with van der Waals surface area (Å²) in [6, 6.07) is 9.40. The lowest BCUT2D eigenvalue weighted by atomic mass is 9.82. The molecule has 3 N–H and O–H groups in total. The number of nitrogens with one attached hydrogen (secondary N) is 2. The molecule has 0 saturated carbocycles. The third-order valence-corrected chi connectivity index (χ3v) is 8.29. The fourth-order valence-electron chi connectivity index (χ4n) is 4.36. The van der Waals surface area contributed by atoms with Crippen molar-refractivity contribution in [2.24, 2.45) is 11.8 Å². The largest absolute Gasteiger partial charge is 0.481 e. The normalized spacial score (nSPS) is 19.0. The molecule has 2 unspecified atom stereocenters. The number of aryl methyl sites for hydroxylation is 1. The number of nitrogens with zero attached hydrogens (tertiary/aromatic N) is 1. The van der Waals surface area contributed by atoms with Gasteiger partial charge < -0.3 is 15.7 Å². The zero-order valence-electron chi connectivity index (χ0n) is 18.5. The SMILES string of the molecule is N#Cc1c(NC(=O)CSc2cccc(NC(=O)C3CC=CCC3C(=O)O)c2)sc2c1CCCC2. The van der Waals surface area contributed by atoms with Crippen LogP contribution in [0.1, 0.15) is 41.7 Å². The van der Waals surface area contributed by atoms with E-state index >= 15 is 0 Å². The standard InChI is InChI=1S/C25H25N3O4S2/c26-13-20-17-8-3-4-11-21(17)34-24(20)28-22(29)14-33-16-7-5-6-15(12-16)27-23(30)18-9-1-2-10-19(18)25(31)32/h1-2,5-7,12,18-19H,3-4,8-11,14H2,(H,27,30)(H,28,29)(H,31,32). The summed E-state index contributed by atoms with van der Waals surface area (Å²) in [6.45, 7) is 0. The zero-order valence-corrected chi connectivity index (χ0v) is 20.1. The Morgan fingerprint density at radius 2 is 1.88 bits per heavy atom. The molecule has 1 aromatic carbocycles. The molecule has 2 aromatic rings. The molecule has 2 amide bonds. The van der Waals surface area contributed by atoms with Crippen molar-refractivity contribution in [2.45, 2.75) is 43.4 Å². The van der Waals surface area contributed by atoms with Crippen molar-refractivity contribution in [3.63, 3.8) is 0 Å². The minimum atomic E-state index is -0.967. The Morgan fingerprint density at radius 1 is 1.12 bits per heavy atom. The maximum atomic E-state index is 12.7. The Balaban J connectivity index is 1.35. The van der Waals surface area contributed by atoms with Gasteiger partial charge in [0, 0.05) is 15.5 Å². The van der Waals surface area contributed by atoms with Crippen LogP contribution >= 0.6 is 23.1 Å². The molecular weight excluding hydrogens is 470 g/mol. The van der Waals surface area contributed by atoms with Crippen LogP contribution in [0.5, 0.6) is 0 Å². The van der Waals surface area contributed by atoms with E-state index in [1.165, 1.54) is 28.0 Å². The van der Waals surface area contributed by atoms with E-state index in [9.17, 15) is 24.8 Å². The van der Waals surface area contributed by atoms with Gasteiger partial charge >= 0.3 is 5.97 Å². The van der Waals surface area contributed by atoms with Gasteiger partial charge in [-0.3, -0.25) is 14.4 Å². The van der Waals surface area contributed by atoms with E-state index < -0.39 is 17.8 Å². The Hall–Kier alpha value is -3.09. The topological polar surface area (TPSA) is 119 Å². The summed E-state index contributed by atoms with van der Waals surface area (Å²) in [7, 11) is 0. The number of carboxylic acids is 1. The molecule has 0 fully saturated rings. The number of rotatable bonds is 7. The van der Waals surface area contributed by atoms with Crippen molar-refractivity contribution < 1.29 is 19.5 Å². The molecule has 7 nitrogen and oxygen atoms in total. The number of carbonyl (C=O) groups excluding carboxylic acids is 2. The van der Waals surface area contributed by atoms with Crippen LogP contribution < -0.4 is 10.6 Å². The number of hydrogen-bond donors (Lipinski definition) is 3. The molecule has 1 heterocycles. The van der Waals surface area contributed by atoms with Crippen LogP contribution in [0.25, 0.3) is 0 Å². The first kappa shape index (κ1) is 24.0. The van der Waals surface area contributed by atoms with E-state index in [0.717, 1.165) is 36.1 Å². The van der Waals surface area contributed by atoms with E-state index in [4.69, 9.17) is 0 Å². The number of thiophene rings is 1. The Morgan fingerprint density at radius 3 is 2.65 bits per heavy atom. The van der Waals surface area contributed by atoms with Crippen LogP contribution in [0.3, 0.4) is 0 Å². The number of nitriles is 1. The highest BCUT2D eigenvalue weighted by Crippen LogP contribution is 2.37. The summed E-state index contributed by atoms with van der Waals surface area (Å²) < 4.78 is 0. The van der Waals surface area contributed by atoms with Gasteiger partial charge in [0.15, 0.2) is 0 Å². The zero-order chi connectivity index (χ0) is 24.1. The lowest BCUT2D eigenvalue weighted by Crippen LogP contribution is -2.34. The monoisotopic (exact) mass is 495 g/mol. The molecule has 2 aliphatic carbocycles. The van der Waals surface area contributed by atoms with Gasteiger partial charge in [-0.05, 0) is 62.3 Å². The van der Waals surface area contributed by atoms with E-state index in [1.54, 1.807) is 24.3 Å². The second-order valence-electron chi connectivity index (χ2n) is 8.37. The number of carbonyl (C=O) groups is 3. The lowest BCUT2D eigenvalue weighted by Gasteiger charge is -2.24. The van der Waals surface area contributed by atoms with E-state index in [0.29, 0.717) is 29.1 Å². The number of aliphatic carboxylic acids is 1. The molecule has 0 bridgehead atoms. The van der Waals surface area contributed by atoms with Crippen LogP contribution in [-0.4, -0.2) is 28.6 Å². The number of benzene rings is 1. The fraction of sp³-hybridized carbons (Fsp3) is 0.360. The smallest absolute Gasteiger partial charge is 0.307 e. The van der Waals surface area contributed by atoms with E-state index in [-0.39, 0.29) is 17.6 Å². The van der Waals surface area contributed by atoms with E-state index in [1.807, 2.05) is 12.1 Å². The molecule has 9 heteroatoms. The predicted octanol–water partition coefficient (Wildman–Crippen LogP) is 4.83. The molecule has 0 spiro atoms. The summed E-state index contributed by atoms with van der Waals surface area (Å²) in [6.07, 6.45) is 8.43. The highest BCUT2D eigenvalue weighted by Gasteiger charge is 2.34. The number of fused-ring (bicyclic) bond motifs is 1. The van der Waals surface area contributed by atoms with Gasteiger partial charge in [-0.2, -0.15) is 5.26 Å². The quantitative estimate of drug-likeness (QED) is 0.374. The molecule has 2 aliphatic rings. The van der Waals surface area contributed by atoms with Crippen molar-refractivity contribution in [2.75, 3.05) is 16.4 Å². The van der Waals surface area contributed by atoms with Gasteiger partial charge in [-0.1, -0.05) is 18.2 Å². The van der Waals surface area contributed by atoms with Crippen molar-refractivity contribution in [3.05, 3.63) is 52.4 Å². The summed E-state index contributed by atoms with van der Waals surface area (Å²) in [4.78, 5) is 38.8. The minimum absolute atomic E-state index is 0.166. The molecule has 4 rings (SSSR count). The maximum Gasteiger partial charge on any atom is 0.307 e. The lowest BCUT2D eigenvalue weighted by molar-refractivity contribution is -0.146. The molecule has 2 atom stereocenters. The predicted molar refractivity (Wildman–Crippen MR) is 133 cm³/mol. The number of carboxylic acid groups (broad SMARTS) is 1. The first-order valence-corrected chi connectivity index (χ1v) is 13.0. The average Bonchev–Trinajstić information content (AvgIpc) is 3.19. The van der Waals surface area contributed by atoms with Gasteiger partial charge in [0.05, 0.1) is 23.2 Å². The third kappa shape index (κ3) is 5.51. The first-order chi connectivity index (χ1) is 16.5. The van der Waals surface area contributed by atoms with Crippen LogP contribution in [0.15, 0.2) is 41.3 Å². The average molecular weight is 496 g/mol. The van der Waals surface area contributed by atoms with Crippen molar-refractivity contribution in [3.8, 4) is 6.07 Å². The minimum Gasteiger partial charge on any atom is -0.481 e. The Kier molecular flexibility index (Phi) is 7.70. The van der Waals surface area contributed by atoms with Crippen molar-refractivity contribution in [1.82, 2.24) is 0 Å². The molecule has 0 radical (unpaired) electrons. The Labute approximate surface area is 206 Å². The molecule has 0 saturated heterocycles. The molecule has 0 aliphatic heterocycles. The number of thioether (sulfide) groups is 1. The number of anilines is 2. The molecule has 34 heavy (non-hydrogen) atoms. The fourth-order valence-corrected chi connectivity index (χ4v) is 6.37.